The summed E-state index contributed by atoms with van der Waals surface area (Å²) >= 11 is 6.31. The van der Waals surface area contributed by atoms with E-state index in [2.05, 4.69) is 24.1 Å². The summed E-state index contributed by atoms with van der Waals surface area (Å²) in [5.74, 6) is 1.43. The average Bonchev–Trinajstić information content (AvgIpc) is 2.49. The third-order valence-electron chi connectivity index (χ3n) is 3.20. The van der Waals surface area contributed by atoms with E-state index in [4.69, 9.17) is 16.3 Å². The van der Waals surface area contributed by atoms with Crippen LogP contribution in [0.3, 0.4) is 0 Å². The number of rotatable bonds is 6. The molecule has 4 heteroatoms. The van der Waals surface area contributed by atoms with E-state index in [-0.39, 0.29) is 0 Å². The van der Waals surface area contributed by atoms with Crippen LogP contribution in [0.1, 0.15) is 30.8 Å². The van der Waals surface area contributed by atoms with Gasteiger partial charge in [-0.1, -0.05) is 31.5 Å². The van der Waals surface area contributed by atoms with Crippen molar-refractivity contribution >= 4 is 11.6 Å². The van der Waals surface area contributed by atoms with Crippen LogP contribution in [0.15, 0.2) is 30.3 Å². The largest absolute Gasteiger partial charge is 0.454 e. The fourth-order valence-electron chi connectivity index (χ4n) is 2.07. The van der Waals surface area contributed by atoms with E-state index in [1.54, 1.807) is 0 Å². The molecule has 3 nitrogen and oxygen atoms in total. The van der Waals surface area contributed by atoms with E-state index >= 15 is 0 Å². The van der Waals surface area contributed by atoms with Gasteiger partial charge in [-0.25, -0.2) is 0 Å². The molecular formula is C17H21ClN2O. The highest BCUT2D eigenvalue weighted by molar-refractivity contribution is 6.32. The molecule has 0 radical (unpaired) electrons. The molecule has 1 heterocycles. The standard InChI is InChI=1S/C17H21ClN2O/c1-4-15-17(8-6-12(3)20-15)21-16-9-7-13(10-14(16)18)11-19-5-2/h6-10,19H,4-5,11H2,1-3H3. The van der Waals surface area contributed by atoms with Gasteiger partial charge in [0.25, 0.3) is 0 Å². The minimum absolute atomic E-state index is 0.619. The van der Waals surface area contributed by atoms with Crippen LogP contribution >= 0.6 is 11.6 Å². The predicted octanol–water partition coefficient (Wildman–Crippen LogP) is 4.51. The Labute approximate surface area is 131 Å². The molecule has 112 valence electrons. The number of pyridine rings is 1. The Morgan fingerprint density at radius 1 is 1.14 bits per heavy atom. The molecule has 0 atom stereocenters. The molecule has 0 saturated carbocycles. The van der Waals surface area contributed by atoms with Gasteiger partial charge >= 0.3 is 0 Å². The highest BCUT2D eigenvalue weighted by Gasteiger charge is 2.09. The third kappa shape index (κ3) is 4.19. The molecule has 0 amide bonds. The van der Waals surface area contributed by atoms with Gasteiger partial charge < -0.3 is 10.1 Å². The quantitative estimate of drug-likeness (QED) is 0.852. The van der Waals surface area contributed by atoms with Gasteiger partial charge in [-0.05, 0) is 49.7 Å². The van der Waals surface area contributed by atoms with Crippen molar-refractivity contribution in [3.63, 3.8) is 0 Å². The lowest BCUT2D eigenvalue weighted by molar-refractivity contribution is 0.472. The second-order valence-electron chi connectivity index (χ2n) is 4.90. The first-order chi connectivity index (χ1) is 10.1. The summed E-state index contributed by atoms with van der Waals surface area (Å²) < 4.78 is 5.93. The van der Waals surface area contributed by atoms with Crippen molar-refractivity contribution in [2.45, 2.75) is 33.7 Å². The predicted molar refractivity (Wildman–Crippen MR) is 87.3 cm³/mol. The van der Waals surface area contributed by atoms with E-state index in [0.717, 1.165) is 42.2 Å². The van der Waals surface area contributed by atoms with Gasteiger partial charge in [0.15, 0.2) is 0 Å². The summed E-state index contributed by atoms with van der Waals surface area (Å²) in [4.78, 5) is 4.50. The highest BCUT2D eigenvalue weighted by atomic mass is 35.5. The summed E-state index contributed by atoms with van der Waals surface area (Å²) in [5.41, 5.74) is 3.08. The Morgan fingerprint density at radius 2 is 1.90 bits per heavy atom. The number of hydrogen-bond donors (Lipinski definition) is 1. The summed E-state index contributed by atoms with van der Waals surface area (Å²) in [5, 5.41) is 3.89. The SMILES string of the molecule is CCNCc1ccc(Oc2ccc(C)nc2CC)c(Cl)c1. The lowest BCUT2D eigenvalue weighted by atomic mass is 10.2. The third-order valence-corrected chi connectivity index (χ3v) is 3.50. The van der Waals surface area contributed by atoms with Crippen molar-refractivity contribution in [1.82, 2.24) is 10.3 Å². The van der Waals surface area contributed by atoms with Crippen molar-refractivity contribution in [2.24, 2.45) is 0 Å². The van der Waals surface area contributed by atoms with E-state index in [1.165, 1.54) is 0 Å². The maximum absolute atomic E-state index is 6.31. The highest BCUT2D eigenvalue weighted by Crippen LogP contribution is 2.31. The van der Waals surface area contributed by atoms with Gasteiger partial charge in [-0.15, -0.1) is 0 Å². The normalized spacial score (nSPS) is 10.7. The maximum atomic E-state index is 6.31. The maximum Gasteiger partial charge on any atom is 0.148 e. The van der Waals surface area contributed by atoms with Crippen molar-refractivity contribution in [2.75, 3.05) is 6.54 Å². The Hall–Kier alpha value is -1.58. The topological polar surface area (TPSA) is 34.1 Å². The molecule has 1 aromatic heterocycles. The molecule has 0 saturated heterocycles. The lowest BCUT2D eigenvalue weighted by Gasteiger charge is -2.12. The average molecular weight is 305 g/mol. The number of benzene rings is 1. The summed E-state index contributed by atoms with van der Waals surface area (Å²) in [6, 6.07) is 9.77. The van der Waals surface area contributed by atoms with Gasteiger partial charge in [-0.2, -0.15) is 0 Å². The second kappa shape index (κ2) is 7.43. The molecule has 2 aromatic rings. The number of hydrogen-bond acceptors (Lipinski definition) is 3. The number of halogens is 1. The molecule has 0 bridgehead atoms. The van der Waals surface area contributed by atoms with Crippen LogP contribution in [-0.2, 0) is 13.0 Å². The Kier molecular flexibility index (Phi) is 5.59. The van der Waals surface area contributed by atoms with Crippen LogP contribution < -0.4 is 10.1 Å². The van der Waals surface area contributed by atoms with Gasteiger partial charge in [0, 0.05) is 12.2 Å². The number of ether oxygens (including phenoxy) is 1. The van der Waals surface area contributed by atoms with Crippen LogP contribution in [0.2, 0.25) is 5.02 Å². The zero-order chi connectivity index (χ0) is 15.2. The zero-order valence-corrected chi connectivity index (χ0v) is 13.5. The van der Waals surface area contributed by atoms with Gasteiger partial charge in [0.05, 0.1) is 10.7 Å². The van der Waals surface area contributed by atoms with Gasteiger partial charge in [0.2, 0.25) is 0 Å². The van der Waals surface area contributed by atoms with Crippen LogP contribution in [0, 0.1) is 6.92 Å². The smallest absolute Gasteiger partial charge is 0.148 e. The number of nitrogens with zero attached hydrogens (tertiary/aromatic N) is 1. The van der Waals surface area contributed by atoms with Crippen molar-refractivity contribution in [3.8, 4) is 11.5 Å². The van der Waals surface area contributed by atoms with Crippen LogP contribution in [0.5, 0.6) is 11.5 Å². The molecule has 1 N–H and O–H groups in total. The Morgan fingerprint density at radius 3 is 2.57 bits per heavy atom. The van der Waals surface area contributed by atoms with Crippen LogP contribution in [0.25, 0.3) is 0 Å². The minimum atomic E-state index is 0.619. The molecule has 0 unspecified atom stereocenters. The summed E-state index contributed by atoms with van der Waals surface area (Å²) in [6.07, 6.45) is 0.827. The molecular weight excluding hydrogens is 284 g/mol. The zero-order valence-electron chi connectivity index (χ0n) is 12.7. The summed E-state index contributed by atoms with van der Waals surface area (Å²) in [6.45, 7) is 7.87. The molecule has 1 aromatic carbocycles. The molecule has 0 aliphatic rings. The molecule has 0 aliphatic heterocycles. The minimum Gasteiger partial charge on any atom is -0.454 e. The molecule has 21 heavy (non-hydrogen) atoms. The summed E-state index contributed by atoms with van der Waals surface area (Å²) in [7, 11) is 0. The number of aromatic nitrogens is 1. The van der Waals surface area contributed by atoms with E-state index < -0.39 is 0 Å². The molecule has 0 spiro atoms. The van der Waals surface area contributed by atoms with Crippen molar-refractivity contribution in [1.29, 1.82) is 0 Å². The van der Waals surface area contributed by atoms with Gasteiger partial charge in [-0.3, -0.25) is 4.98 Å². The van der Waals surface area contributed by atoms with Crippen molar-refractivity contribution in [3.05, 3.63) is 52.3 Å². The van der Waals surface area contributed by atoms with Crippen molar-refractivity contribution < 1.29 is 4.74 Å². The van der Waals surface area contributed by atoms with Gasteiger partial charge in [0.1, 0.15) is 11.5 Å². The number of aryl methyl sites for hydroxylation is 2. The molecule has 0 aliphatic carbocycles. The lowest BCUT2D eigenvalue weighted by Crippen LogP contribution is -2.11. The second-order valence-corrected chi connectivity index (χ2v) is 5.31. The molecule has 2 rings (SSSR count). The van der Waals surface area contributed by atoms with Crippen LogP contribution in [-0.4, -0.2) is 11.5 Å². The fourth-order valence-corrected chi connectivity index (χ4v) is 2.31. The van der Waals surface area contributed by atoms with Crippen LogP contribution in [0.4, 0.5) is 0 Å². The number of nitrogens with one attached hydrogen (secondary N) is 1. The van der Waals surface area contributed by atoms with E-state index in [0.29, 0.717) is 10.8 Å². The first-order valence-electron chi connectivity index (χ1n) is 7.27. The van der Waals surface area contributed by atoms with E-state index in [1.807, 2.05) is 37.3 Å². The van der Waals surface area contributed by atoms with E-state index in [9.17, 15) is 0 Å². The fraction of sp³-hybridized carbons (Fsp3) is 0.353. The monoisotopic (exact) mass is 304 g/mol. The first kappa shape index (κ1) is 15.8. The Bertz CT molecular complexity index is 614. The molecule has 0 fully saturated rings. The Balaban J connectivity index is 2.20. The first-order valence-corrected chi connectivity index (χ1v) is 7.65.